The number of imidazole rings is 1. The number of carbonyl (C=O) groups excluding carboxylic acids is 2. The molecule has 0 bridgehead atoms. The zero-order chi connectivity index (χ0) is 27.5. The van der Waals surface area contributed by atoms with Gasteiger partial charge in [-0.15, -0.1) is 0 Å². The highest BCUT2D eigenvalue weighted by molar-refractivity contribution is 5.77. The zero-order valence-corrected chi connectivity index (χ0v) is 22.3. The van der Waals surface area contributed by atoms with Gasteiger partial charge in [0.15, 0.2) is 11.4 Å². The van der Waals surface area contributed by atoms with E-state index in [9.17, 15) is 14.0 Å². The number of hydrogen-bond acceptors (Lipinski definition) is 6. The number of halogens is 1. The highest BCUT2D eigenvalue weighted by Crippen LogP contribution is 2.20. The molecule has 1 fully saturated rings. The predicted octanol–water partition coefficient (Wildman–Crippen LogP) is 5.24. The number of aryl methyl sites for hydroxylation is 1. The monoisotopic (exact) mass is 524 g/mol. The Morgan fingerprint density at radius 2 is 2.08 bits per heavy atom. The Morgan fingerprint density at radius 1 is 1.26 bits per heavy atom. The van der Waals surface area contributed by atoms with Crippen molar-refractivity contribution in [2.24, 2.45) is 0 Å². The minimum Gasteiger partial charge on any atom is -0.424 e. The van der Waals surface area contributed by atoms with E-state index in [1.165, 1.54) is 25.3 Å². The van der Waals surface area contributed by atoms with E-state index < -0.39 is 0 Å². The lowest BCUT2D eigenvalue weighted by Crippen LogP contribution is -2.43. The van der Waals surface area contributed by atoms with Crippen LogP contribution in [0.15, 0.2) is 40.8 Å². The molecular weight excluding hydrogens is 487 g/mol. The van der Waals surface area contributed by atoms with Gasteiger partial charge in [0.05, 0.1) is 12.1 Å². The van der Waals surface area contributed by atoms with Gasteiger partial charge in [-0.25, -0.2) is 9.37 Å². The number of oxazole rings is 1. The summed E-state index contributed by atoms with van der Waals surface area (Å²) in [6, 6.07) is 11.2. The Bertz CT molecular complexity index is 1330. The second-order valence-electron chi connectivity index (χ2n) is 9.24. The first-order chi connectivity index (χ1) is 18.4. The van der Waals surface area contributed by atoms with Gasteiger partial charge in [-0.3, -0.25) is 9.59 Å². The summed E-state index contributed by atoms with van der Waals surface area (Å²) in [5.41, 5.74) is 9.01. The minimum absolute atomic E-state index is 0.227. The number of nitrogens with zero attached hydrogens (tertiary/aromatic N) is 3. The number of benzene rings is 2. The van der Waals surface area contributed by atoms with Crippen molar-refractivity contribution in [2.45, 2.75) is 71.9 Å². The van der Waals surface area contributed by atoms with Crippen LogP contribution in [0.3, 0.4) is 0 Å². The molecule has 1 aliphatic rings. The molecule has 204 valence electrons. The predicted molar refractivity (Wildman–Crippen MR) is 147 cm³/mol. The first kappa shape index (κ1) is 28.6. The summed E-state index contributed by atoms with van der Waals surface area (Å²) in [5.74, 6) is 0.544. The molecule has 1 aliphatic heterocycles. The third kappa shape index (κ3) is 7.77. The van der Waals surface area contributed by atoms with Crippen molar-refractivity contribution < 1.29 is 18.4 Å². The van der Waals surface area contributed by atoms with Crippen LogP contribution >= 0.6 is 0 Å². The van der Waals surface area contributed by atoms with Gasteiger partial charge >= 0.3 is 0 Å². The average molecular weight is 525 g/mol. The van der Waals surface area contributed by atoms with Crippen LogP contribution in [0.4, 0.5) is 10.4 Å². The van der Waals surface area contributed by atoms with Crippen LogP contribution in [0.1, 0.15) is 63.8 Å². The summed E-state index contributed by atoms with van der Waals surface area (Å²) in [6.07, 6.45) is 7.12. The van der Waals surface area contributed by atoms with Crippen molar-refractivity contribution in [1.82, 2.24) is 25.2 Å². The number of nitrogens with two attached hydrogens (primary N) is 1. The fourth-order valence-electron chi connectivity index (χ4n) is 4.43. The van der Waals surface area contributed by atoms with Gasteiger partial charge in [-0.05, 0) is 68.9 Å². The number of fused-ring (bicyclic) bond motifs is 2. The number of anilines is 1. The fourth-order valence-corrected chi connectivity index (χ4v) is 4.43. The number of aromatic amines is 1. The maximum atomic E-state index is 13.1. The molecule has 0 radical (unpaired) electrons. The third-order valence-corrected chi connectivity index (χ3v) is 6.31. The molecule has 0 saturated carbocycles. The van der Waals surface area contributed by atoms with E-state index in [0.717, 1.165) is 42.5 Å². The van der Waals surface area contributed by atoms with Gasteiger partial charge in [0.2, 0.25) is 12.3 Å². The van der Waals surface area contributed by atoms with E-state index in [-0.39, 0.29) is 18.4 Å². The Balaban J connectivity index is 0.000000159. The number of aromatic nitrogens is 3. The third-order valence-electron chi connectivity index (χ3n) is 6.31. The maximum Gasteiger partial charge on any atom is 0.292 e. The lowest BCUT2D eigenvalue weighted by molar-refractivity contribution is -0.135. The number of amides is 2. The molecule has 2 aromatic carbocycles. The van der Waals surface area contributed by atoms with Crippen LogP contribution in [0.25, 0.3) is 22.1 Å². The van der Waals surface area contributed by atoms with Crippen molar-refractivity contribution in [1.29, 1.82) is 0 Å². The van der Waals surface area contributed by atoms with Crippen molar-refractivity contribution in [2.75, 3.05) is 12.3 Å². The summed E-state index contributed by atoms with van der Waals surface area (Å²) >= 11 is 0. The molecular formula is C28H37FN6O3. The van der Waals surface area contributed by atoms with Gasteiger partial charge in [-0.2, -0.15) is 4.98 Å². The fraction of sp³-hybridized carbons (Fsp3) is 0.429. The number of piperidine rings is 1. The molecule has 4 aromatic rings. The molecule has 10 heteroatoms. The maximum absolute atomic E-state index is 13.1. The standard InChI is InChI=1S/C11H21NO.C9H8FN3O.C8H8N2O/c1-3-7-11(13)12-9-6-5-8-10(12)4-2;10-6-2-1-3-7-9(6)13-8(12-7)4-11-5-14;1-5-2-3-6-7(4-5)11-8(9)10-6/h10H,3-9H2,1-2H3;1-3,5H,4H2,(H,11,14)(H,12,13);2-4H,1H3,(H2,9,10). The van der Waals surface area contributed by atoms with Crippen LogP contribution in [-0.2, 0) is 16.1 Å². The van der Waals surface area contributed by atoms with E-state index in [4.69, 9.17) is 10.2 Å². The summed E-state index contributed by atoms with van der Waals surface area (Å²) in [5, 5.41) is 2.45. The Labute approximate surface area is 222 Å². The number of H-pyrrole nitrogens is 1. The minimum atomic E-state index is -0.365. The van der Waals surface area contributed by atoms with Crippen LogP contribution in [0.2, 0.25) is 0 Å². The molecule has 2 amide bonds. The van der Waals surface area contributed by atoms with Crippen molar-refractivity contribution in [3.8, 4) is 0 Å². The van der Waals surface area contributed by atoms with Gasteiger partial charge in [0.25, 0.3) is 6.01 Å². The molecule has 1 atom stereocenters. The first-order valence-corrected chi connectivity index (χ1v) is 13.1. The average Bonchev–Trinajstić information content (AvgIpc) is 3.51. The number of para-hydroxylation sites is 1. The molecule has 1 unspecified atom stereocenters. The van der Waals surface area contributed by atoms with Crippen molar-refractivity contribution in [3.05, 3.63) is 53.6 Å². The topological polar surface area (TPSA) is 130 Å². The Kier molecular flexibility index (Phi) is 10.6. The van der Waals surface area contributed by atoms with E-state index >= 15 is 0 Å². The molecule has 0 spiro atoms. The highest BCUT2D eigenvalue weighted by atomic mass is 19.1. The summed E-state index contributed by atoms with van der Waals surface area (Å²) in [6.45, 7) is 7.53. The molecule has 4 N–H and O–H groups in total. The van der Waals surface area contributed by atoms with Gasteiger partial charge < -0.3 is 25.4 Å². The van der Waals surface area contributed by atoms with Crippen molar-refractivity contribution in [3.63, 3.8) is 0 Å². The quantitative estimate of drug-likeness (QED) is 0.296. The number of carbonyl (C=O) groups is 2. The second-order valence-corrected chi connectivity index (χ2v) is 9.24. The molecule has 38 heavy (non-hydrogen) atoms. The van der Waals surface area contributed by atoms with Crippen LogP contribution < -0.4 is 11.1 Å². The number of rotatable bonds is 6. The number of nitrogen functional groups attached to an aromatic ring is 1. The largest absolute Gasteiger partial charge is 0.424 e. The van der Waals surface area contributed by atoms with Gasteiger partial charge in [-0.1, -0.05) is 26.0 Å². The molecule has 0 aliphatic carbocycles. The van der Waals surface area contributed by atoms with Crippen molar-refractivity contribution >= 4 is 40.5 Å². The number of nitrogens with one attached hydrogen (secondary N) is 2. The molecule has 9 nitrogen and oxygen atoms in total. The van der Waals surface area contributed by atoms with Crippen LogP contribution in [-0.4, -0.2) is 44.8 Å². The van der Waals surface area contributed by atoms with E-state index in [2.05, 4.69) is 39.0 Å². The van der Waals surface area contributed by atoms with Gasteiger partial charge in [0, 0.05) is 19.0 Å². The highest BCUT2D eigenvalue weighted by Gasteiger charge is 2.24. The normalized spacial score (nSPS) is 14.8. The number of hydrogen-bond donors (Lipinski definition) is 3. The van der Waals surface area contributed by atoms with Crippen LogP contribution in [0.5, 0.6) is 0 Å². The van der Waals surface area contributed by atoms with E-state index in [1.807, 2.05) is 25.1 Å². The van der Waals surface area contributed by atoms with E-state index in [1.54, 1.807) is 12.1 Å². The first-order valence-electron chi connectivity index (χ1n) is 13.1. The molecule has 3 heterocycles. The lowest BCUT2D eigenvalue weighted by Gasteiger charge is -2.35. The SMILES string of the molecule is CCCC(=O)N1CCCCC1CC.Cc1ccc2nc(N)oc2c1.O=CNCc1nc2c(F)cccc2[nH]1. The molecule has 2 aromatic heterocycles. The zero-order valence-electron chi connectivity index (χ0n) is 22.3. The lowest BCUT2D eigenvalue weighted by atomic mass is 9.99. The van der Waals surface area contributed by atoms with Crippen LogP contribution in [0, 0.1) is 12.7 Å². The smallest absolute Gasteiger partial charge is 0.292 e. The number of likely N-dealkylation sites (tertiary alicyclic amines) is 1. The molecule has 5 rings (SSSR count). The Morgan fingerprint density at radius 3 is 2.79 bits per heavy atom. The summed E-state index contributed by atoms with van der Waals surface area (Å²) in [4.78, 5) is 34.7. The Hall–Kier alpha value is -3.95. The molecule has 1 saturated heterocycles. The van der Waals surface area contributed by atoms with Gasteiger partial charge in [0.1, 0.15) is 16.9 Å². The summed E-state index contributed by atoms with van der Waals surface area (Å²) < 4.78 is 18.3. The second kappa shape index (κ2) is 14.1. The summed E-state index contributed by atoms with van der Waals surface area (Å²) in [7, 11) is 0. The van der Waals surface area contributed by atoms with E-state index in [0.29, 0.717) is 35.2 Å².